The van der Waals surface area contributed by atoms with E-state index < -0.39 is 0 Å². The van der Waals surface area contributed by atoms with Gasteiger partial charge in [0.05, 0.1) is 13.2 Å². The summed E-state index contributed by atoms with van der Waals surface area (Å²) in [6.07, 6.45) is 0. The summed E-state index contributed by atoms with van der Waals surface area (Å²) in [6.45, 7) is 4.30. The van der Waals surface area contributed by atoms with Gasteiger partial charge in [0.25, 0.3) is 0 Å². The van der Waals surface area contributed by atoms with Crippen molar-refractivity contribution in [3.8, 4) is 17.0 Å². The second-order valence-electron chi connectivity index (χ2n) is 3.68. The van der Waals surface area contributed by atoms with Gasteiger partial charge in [-0.2, -0.15) is 0 Å². The maximum absolute atomic E-state index is 9.26. The zero-order valence-corrected chi connectivity index (χ0v) is 9.93. The highest BCUT2D eigenvalue weighted by molar-refractivity contribution is 5.63. The van der Waals surface area contributed by atoms with Crippen molar-refractivity contribution in [1.29, 1.82) is 0 Å². The molecule has 1 heterocycles. The molecule has 0 aliphatic rings. The van der Waals surface area contributed by atoms with Crippen molar-refractivity contribution in [1.82, 2.24) is 5.16 Å². The first-order valence-electron chi connectivity index (χ1n) is 5.55. The molecular formula is C13H15NO3. The molecule has 0 saturated carbocycles. The van der Waals surface area contributed by atoms with E-state index in [1.807, 2.05) is 31.2 Å². The molecule has 90 valence electrons. The quantitative estimate of drug-likeness (QED) is 0.881. The molecule has 0 bridgehead atoms. The highest BCUT2D eigenvalue weighted by Gasteiger charge is 2.13. The normalized spacial score (nSPS) is 10.5. The minimum atomic E-state index is -0.0715. The molecule has 0 aliphatic carbocycles. The summed E-state index contributed by atoms with van der Waals surface area (Å²) in [4.78, 5) is 0. The Morgan fingerprint density at radius 1 is 1.29 bits per heavy atom. The standard InChI is InChI=1S/C13H15NO3/c1-3-16-11-6-4-10(5-7-11)13-12(8-15)9(2)17-14-13/h4-7,15H,3,8H2,1-2H3. The number of aryl methyl sites for hydroxylation is 1. The van der Waals surface area contributed by atoms with Crippen LogP contribution in [0.5, 0.6) is 5.75 Å². The Kier molecular flexibility index (Phi) is 3.44. The molecule has 2 aromatic rings. The van der Waals surface area contributed by atoms with Crippen LogP contribution in [0.1, 0.15) is 18.2 Å². The Labute approximate surface area is 99.8 Å². The Morgan fingerprint density at radius 2 is 2.00 bits per heavy atom. The Morgan fingerprint density at radius 3 is 2.59 bits per heavy atom. The fourth-order valence-electron chi connectivity index (χ4n) is 1.68. The van der Waals surface area contributed by atoms with Gasteiger partial charge in [0.15, 0.2) is 0 Å². The Hall–Kier alpha value is -1.81. The van der Waals surface area contributed by atoms with Crippen molar-refractivity contribution in [2.24, 2.45) is 0 Å². The van der Waals surface area contributed by atoms with E-state index in [1.54, 1.807) is 6.92 Å². The van der Waals surface area contributed by atoms with Crippen molar-refractivity contribution < 1.29 is 14.4 Å². The Balaban J connectivity index is 2.33. The summed E-state index contributed by atoms with van der Waals surface area (Å²) in [6, 6.07) is 7.57. The monoisotopic (exact) mass is 233 g/mol. The molecular weight excluding hydrogens is 218 g/mol. The summed E-state index contributed by atoms with van der Waals surface area (Å²) in [5, 5.41) is 13.2. The van der Waals surface area contributed by atoms with Crippen LogP contribution in [0.15, 0.2) is 28.8 Å². The van der Waals surface area contributed by atoms with E-state index in [0.717, 1.165) is 16.9 Å². The van der Waals surface area contributed by atoms with Crippen molar-refractivity contribution in [3.63, 3.8) is 0 Å². The largest absolute Gasteiger partial charge is 0.494 e. The molecule has 0 fully saturated rings. The van der Waals surface area contributed by atoms with Gasteiger partial charge < -0.3 is 14.4 Å². The molecule has 1 aromatic heterocycles. The third-order valence-electron chi connectivity index (χ3n) is 2.58. The van der Waals surface area contributed by atoms with Gasteiger partial charge in [-0.05, 0) is 38.1 Å². The number of aliphatic hydroxyl groups is 1. The van der Waals surface area contributed by atoms with Crippen molar-refractivity contribution in [3.05, 3.63) is 35.6 Å². The average molecular weight is 233 g/mol. The number of hydrogen-bond donors (Lipinski definition) is 1. The minimum absolute atomic E-state index is 0.0715. The smallest absolute Gasteiger partial charge is 0.139 e. The van der Waals surface area contributed by atoms with Crippen LogP contribution in [-0.2, 0) is 6.61 Å². The lowest BCUT2D eigenvalue weighted by Crippen LogP contribution is -1.92. The number of ether oxygens (including phenoxy) is 1. The number of hydrogen-bond acceptors (Lipinski definition) is 4. The molecule has 0 aliphatic heterocycles. The van der Waals surface area contributed by atoms with Gasteiger partial charge >= 0.3 is 0 Å². The van der Waals surface area contributed by atoms with Crippen LogP contribution < -0.4 is 4.74 Å². The van der Waals surface area contributed by atoms with E-state index in [-0.39, 0.29) is 6.61 Å². The van der Waals surface area contributed by atoms with Crippen LogP contribution in [0.3, 0.4) is 0 Å². The SMILES string of the molecule is CCOc1ccc(-c2noc(C)c2CO)cc1. The van der Waals surface area contributed by atoms with Gasteiger partial charge in [-0.25, -0.2) is 0 Å². The van der Waals surface area contributed by atoms with Crippen LogP contribution in [-0.4, -0.2) is 16.9 Å². The molecule has 4 nitrogen and oxygen atoms in total. The van der Waals surface area contributed by atoms with Gasteiger partial charge in [0.1, 0.15) is 17.2 Å². The second-order valence-corrected chi connectivity index (χ2v) is 3.68. The maximum atomic E-state index is 9.26. The van der Waals surface area contributed by atoms with Gasteiger partial charge in [-0.15, -0.1) is 0 Å². The number of rotatable bonds is 4. The first kappa shape index (κ1) is 11.7. The topological polar surface area (TPSA) is 55.5 Å². The van der Waals surface area contributed by atoms with Crippen LogP contribution in [0.2, 0.25) is 0 Å². The van der Waals surface area contributed by atoms with E-state index in [2.05, 4.69) is 5.16 Å². The minimum Gasteiger partial charge on any atom is -0.494 e. The van der Waals surface area contributed by atoms with Gasteiger partial charge in [0.2, 0.25) is 0 Å². The molecule has 1 aromatic carbocycles. The third kappa shape index (κ3) is 2.31. The molecule has 0 spiro atoms. The second kappa shape index (κ2) is 5.01. The van der Waals surface area contributed by atoms with E-state index in [9.17, 15) is 5.11 Å². The molecule has 2 rings (SSSR count). The number of aliphatic hydroxyl groups excluding tert-OH is 1. The predicted molar refractivity (Wildman–Crippen MR) is 63.8 cm³/mol. The first-order chi connectivity index (χ1) is 8.26. The highest BCUT2D eigenvalue weighted by Crippen LogP contribution is 2.26. The fraction of sp³-hybridized carbons (Fsp3) is 0.308. The lowest BCUT2D eigenvalue weighted by Gasteiger charge is -2.04. The highest BCUT2D eigenvalue weighted by atomic mass is 16.5. The summed E-state index contributed by atoms with van der Waals surface area (Å²) in [5.74, 6) is 1.47. The molecule has 17 heavy (non-hydrogen) atoms. The summed E-state index contributed by atoms with van der Waals surface area (Å²) in [5.41, 5.74) is 2.33. The third-order valence-corrected chi connectivity index (χ3v) is 2.58. The van der Waals surface area contributed by atoms with Crippen LogP contribution in [0.4, 0.5) is 0 Å². The number of aromatic nitrogens is 1. The molecule has 0 radical (unpaired) electrons. The van der Waals surface area contributed by atoms with Crippen LogP contribution in [0.25, 0.3) is 11.3 Å². The fourth-order valence-corrected chi connectivity index (χ4v) is 1.68. The van der Waals surface area contributed by atoms with E-state index in [1.165, 1.54) is 0 Å². The Bertz CT molecular complexity index is 488. The zero-order valence-electron chi connectivity index (χ0n) is 9.93. The number of nitrogens with zero attached hydrogens (tertiary/aromatic N) is 1. The summed E-state index contributed by atoms with van der Waals surface area (Å²) in [7, 11) is 0. The molecule has 0 unspecified atom stereocenters. The molecule has 0 atom stereocenters. The molecule has 0 amide bonds. The van der Waals surface area contributed by atoms with E-state index in [0.29, 0.717) is 18.1 Å². The molecule has 0 saturated heterocycles. The predicted octanol–water partition coefficient (Wildman–Crippen LogP) is 2.54. The zero-order chi connectivity index (χ0) is 12.3. The van der Waals surface area contributed by atoms with E-state index >= 15 is 0 Å². The van der Waals surface area contributed by atoms with Gasteiger partial charge in [0, 0.05) is 11.1 Å². The maximum Gasteiger partial charge on any atom is 0.139 e. The van der Waals surface area contributed by atoms with Crippen molar-refractivity contribution >= 4 is 0 Å². The van der Waals surface area contributed by atoms with Gasteiger partial charge in [-0.1, -0.05) is 5.16 Å². The molecule has 4 heteroatoms. The lowest BCUT2D eigenvalue weighted by atomic mass is 10.1. The first-order valence-corrected chi connectivity index (χ1v) is 5.55. The van der Waals surface area contributed by atoms with Crippen LogP contribution >= 0.6 is 0 Å². The van der Waals surface area contributed by atoms with Gasteiger partial charge in [-0.3, -0.25) is 0 Å². The van der Waals surface area contributed by atoms with Crippen molar-refractivity contribution in [2.45, 2.75) is 20.5 Å². The van der Waals surface area contributed by atoms with Crippen molar-refractivity contribution in [2.75, 3.05) is 6.61 Å². The summed E-state index contributed by atoms with van der Waals surface area (Å²) >= 11 is 0. The number of benzene rings is 1. The lowest BCUT2D eigenvalue weighted by molar-refractivity contribution is 0.278. The van der Waals surface area contributed by atoms with Crippen LogP contribution in [0, 0.1) is 6.92 Å². The van der Waals surface area contributed by atoms with E-state index in [4.69, 9.17) is 9.26 Å². The molecule has 1 N–H and O–H groups in total. The summed E-state index contributed by atoms with van der Waals surface area (Å²) < 4.78 is 10.4. The average Bonchev–Trinajstić information content (AvgIpc) is 2.72.